The van der Waals surface area contributed by atoms with Crippen LogP contribution in [0.3, 0.4) is 0 Å². The number of hydrogen-bond donors (Lipinski definition) is 0. The van der Waals surface area contributed by atoms with E-state index in [4.69, 9.17) is 30.5 Å². The van der Waals surface area contributed by atoms with Crippen LogP contribution in [0.25, 0.3) is 4.85 Å². The van der Waals surface area contributed by atoms with E-state index in [1.807, 2.05) is 27.2 Å². The summed E-state index contributed by atoms with van der Waals surface area (Å²) in [6, 6.07) is 0.378. The summed E-state index contributed by atoms with van der Waals surface area (Å²) in [6.45, 7) is 16.0. The van der Waals surface area contributed by atoms with Crippen molar-refractivity contribution in [2.45, 2.75) is 45.1 Å². The molecular weight excluding hydrogens is 305 g/mol. The maximum Gasteiger partial charge on any atom is 0.223 e. The second-order valence-corrected chi connectivity index (χ2v) is 2.63. The number of hydrogen-bond acceptors (Lipinski definition) is 5. The minimum absolute atomic E-state index is 0. The molecule has 0 unspecified atom stereocenters. The van der Waals surface area contributed by atoms with Crippen LogP contribution in [0.15, 0.2) is 0 Å². The summed E-state index contributed by atoms with van der Waals surface area (Å²) < 4.78 is 0. The minimum atomic E-state index is 0. The van der Waals surface area contributed by atoms with Gasteiger partial charge in [0.2, 0.25) is 6.04 Å². The Hall–Kier alpha value is -1.64. The summed E-state index contributed by atoms with van der Waals surface area (Å²) in [7, 11) is 0. The molecule has 20 heavy (non-hydrogen) atoms. The van der Waals surface area contributed by atoms with Crippen molar-refractivity contribution in [3.63, 3.8) is 0 Å². The molecule has 7 heteroatoms. The molecule has 0 aromatic carbocycles. The fraction of sp³-hybridized carbons (Fsp3) is 0.538. The Morgan fingerprint density at radius 2 is 1.15 bits per heavy atom. The van der Waals surface area contributed by atoms with Gasteiger partial charge in [-0.1, -0.05) is 6.42 Å². The van der Waals surface area contributed by atoms with Gasteiger partial charge in [0.1, 0.15) is 27.2 Å². The molecule has 0 amide bonds. The van der Waals surface area contributed by atoms with Gasteiger partial charge in [-0.15, -0.1) is 0 Å². The first-order valence-corrected chi connectivity index (χ1v) is 5.16. The molecule has 117 valence electrons. The van der Waals surface area contributed by atoms with Gasteiger partial charge in [0, 0.05) is 29.9 Å². The fourth-order valence-electron chi connectivity index (χ4n) is 1.21. The Bertz CT molecular complexity index is 186. The van der Waals surface area contributed by atoms with E-state index in [0.717, 1.165) is 12.8 Å². The van der Waals surface area contributed by atoms with Crippen molar-refractivity contribution in [3.8, 4) is 0 Å². The molecule has 6 nitrogen and oxygen atoms in total. The maximum atomic E-state index is 8.68. The monoisotopic (exact) mass is 327 g/mol. The molecule has 0 N–H and O–H groups in total. The number of nitrogens with zero attached hydrogens (tertiary/aromatic N) is 1. The Morgan fingerprint density at radius 3 is 1.30 bits per heavy atom. The number of carbonyl (C=O) groups is 4. The summed E-state index contributed by atoms with van der Waals surface area (Å²) in [5.74, 6) is 0. The summed E-state index contributed by atoms with van der Waals surface area (Å²) in [6.07, 6.45) is 7.74. The molecule has 1 radical (unpaired) electrons. The molecule has 1 aliphatic rings. The molecule has 0 aromatic heterocycles. The van der Waals surface area contributed by atoms with Crippen molar-refractivity contribution < 1.29 is 41.0 Å². The van der Waals surface area contributed by atoms with E-state index in [9.17, 15) is 0 Å². The van der Waals surface area contributed by atoms with Gasteiger partial charge in [0.25, 0.3) is 0 Å². The zero-order chi connectivity index (χ0) is 16.5. The average molecular weight is 327 g/mol. The van der Waals surface area contributed by atoms with Crippen molar-refractivity contribution in [1.82, 2.24) is 0 Å². The fourth-order valence-corrected chi connectivity index (χ4v) is 1.21. The van der Waals surface area contributed by atoms with Crippen LogP contribution in [0.4, 0.5) is 0 Å². The zero-order valence-electron chi connectivity index (χ0n) is 11.8. The van der Waals surface area contributed by atoms with Crippen LogP contribution < -0.4 is 0 Å². The SMILES string of the molecule is C=O.C=O.C=O.C=O.C[C-]=O.[C-]#[N+]C1CCCCC1.[Mn]. The van der Waals surface area contributed by atoms with Gasteiger partial charge in [-0.2, -0.15) is 6.92 Å². The molecule has 0 bridgehead atoms. The Balaban J connectivity index is -0.0000000352. The second kappa shape index (κ2) is 66.5. The van der Waals surface area contributed by atoms with E-state index in [-0.39, 0.29) is 17.1 Å². The van der Waals surface area contributed by atoms with Crippen LogP contribution in [-0.4, -0.2) is 39.5 Å². The van der Waals surface area contributed by atoms with Gasteiger partial charge in [-0.05, 0) is 12.8 Å². The Morgan fingerprint density at radius 1 is 0.900 bits per heavy atom. The average Bonchev–Trinajstić information content (AvgIpc) is 2.56. The van der Waals surface area contributed by atoms with Gasteiger partial charge in [0.15, 0.2) is 0 Å². The molecule has 0 aromatic rings. The van der Waals surface area contributed by atoms with Gasteiger partial charge in [-0.25, -0.2) is 6.57 Å². The van der Waals surface area contributed by atoms with Crippen LogP contribution in [0, 0.1) is 6.57 Å². The van der Waals surface area contributed by atoms with Gasteiger partial charge < -0.3 is 28.8 Å². The van der Waals surface area contributed by atoms with Crippen molar-refractivity contribution in [3.05, 3.63) is 11.4 Å². The van der Waals surface area contributed by atoms with Crippen LogP contribution in [-0.2, 0) is 41.0 Å². The van der Waals surface area contributed by atoms with Crippen molar-refractivity contribution in [1.29, 1.82) is 0 Å². The quantitative estimate of drug-likeness (QED) is 0.498. The summed E-state index contributed by atoms with van der Waals surface area (Å²) >= 11 is 0. The molecule has 0 atom stereocenters. The normalized spacial score (nSPS) is 10.4. The standard InChI is InChI=1S/C7H11N.C2H3O.4CH2O.Mn/c1-8-7-5-3-2-4-6-7;1-2-3;4*1-2;/h7H,2-6H2;1H3;4*1H2;/q;-1;;;;;. The first-order chi connectivity index (χ1) is 9.35. The largest absolute Gasteiger partial charge is 0.542 e. The first-order valence-electron chi connectivity index (χ1n) is 5.16. The van der Waals surface area contributed by atoms with Crippen molar-refractivity contribution >= 4 is 33.4 Å². The van der Waals surface area contributed by atoms with Crippen molar-refractivity contribution in [2.75, 3.05) is 0 Å². The summed E-state index contributed by atoms with van der Waals surface area (Å²) in [5.41, 5.74) is 0. The second-order valence-electron chi connectivity index (χ2n) is 2.63. The Labute approximate surface area is 131 Å². The van der Waals surface area contributed by atoms with Gasteiger partial charge in [-0.3, -0.25) is 6.29 Å². The summed E-state index contributed by atoms with van der Waals surface area (Å²) in [5, 5.41) is 0. The minimum Gasteiger partial charge on any atom is -0.542 e. The smallest absolute Gasteiger partial charge is 0.223 e. The van der Waals surface area contributed by atoms with E-state index in [2.05, 4.69) is 4.85 Å². The van der Waals surface area contributed by atoms with Crippen LogP contribution in [0.1, 0.15) is 39.0 Å². The third-order valence-electron chi connectivity index (χ3n) is 1.76. The topological polar surface area (TPSA) is 89.7 Å². The molecule has 0 heterocycles. The zero-order valence-corrected chi connectivity index (χ0v) is 13.0. The predicted octanol–water partition coefficient (Wildman–Crippen LogP) is 1.61. The molecule has 1 aliphatic carbocycles. The molecule has 0 spiro atoms. The molecule has 1 saturated carbocycles. The molecule has 1 rings (SSSR count). The first kappa shape index (κ1) is 36.2. The summed E-state index contributed by atoms with van der Waals surface area (Å²) in [4.78, 5) is 44.2. The van der Waals surface area contributed by atoms with Gasteiger partial charge >= 0.3 is 0 Å². The van der Waals surface area contributed by atoms with E-state index < -0.39 is 0 Å². The van der Waals surface area contributed by atoms with E-state index in [1.54, 1.807) is 0 Å². The molecular formula is C13H22MnNO5-. The van der Waals surface area contributed by atoms with Crippen LogP contribution in [0.2, 0.25) is 0 Å². The van der Waals surface area contributed by atoms with E-state index in [1.165, 1.54) is 32.5 Å². The molecule has 0 saturated heterocycles. The predicted molar refractivity (Wildman–Crippen MR) is 73.3 cm³/mol. The molecule has 1 fully saturated rings. The van der Waals surface area contributed by atoms with Crippen LogP contribution in [0.5, 0.6) is 0 Å². The van der Waals surface area contributed by atoms with E-state index in [0.29, 0.717) is 6.04 Å². The third kappa shape index (κ3) is 55.2. The van der Waals surface area contributed by atoms with Crippen LogP contribution >= 0.6 is 0 Å². The van der Waals surface area contributed by atoms with E-state index >= 15 is 0 Å². The number of rotatable bonds is 0. The molecule has 0 aliphatic heterocycles. The van der Waals surface area contributed by atoms with Gasteiger partial charge in [0.05, 0.1) is 0 Å². The number of carbonyl (C=O) groups excluding carboxylic acids is 5. The third-order valence-corrected chi connectivity index (χ3v) is 1.76. The van der Waals surface area contributed by atoms with Crippen molar-refractivity contribution in [2.24, 2.45) is 0 Å². The maximum absolute atomic E-state index is 8.68. The Kier molecular flexibility index (Phi) is 120.